The molecule has 1 aliphatic rings. The number of amides is 2. The topological polar surface area (TPSA) is 93.2 Å². The van der Waals surface area contributed by atoms with Crippen molar-refractivity contribution in [3.05, 3.63) is 46.7 Å². The molecule has 3 rings (SSSR count). The van der Waals surface area contributed by atoms with Crippen LogP contribution in [0.25, 0.3) is 0 Å². The molecule has 2 N–H and O–H groups in total. The molecule has 2 atom stereocenters. The number of hydrogen-bond acceptors (Lipinski definition) is 5. The molecule has 7 nitrogen and oxygen atoms in total. The third kappa shape index (κ3) is 5.87. The quantitative estimate of drug-likeness (QED) is 0.679. The van der Waals surface area contributed by atoms with Gasteiger partial charge in [0.25, 0.3) is 5.91 Å². The van der Waals surface area contributed by atoms with Crippen LogP contribution in [0.5, 0.6) is 5.88 Å². The minimum atomic E-state index is -1.13. The number of rotatable bonds is 8. The van der Waals surface area contributed by atoms with E-state index in [4.69, 9.17) is 16.3 Å². The molecule has 0 radical (unpaired) electrons. The van der Waals surface area contributed by atoms with Gasteiger partial charge < -0.3 is 15.4 Å². The lowest BCUT2D eigenvalue weighted by Crippen LogP contribution is -2.27. The summed E-state index contributed by atoms with van der Waals surface area (Å²) in [6.45, 7) is 3.02. The van der Waals surface area contributed by atoms with E-state index in [0.717, 1.165) is 12.8 Å². The van der Waals surface area contributed by atoms with Gasteiger partial charge in [0.2, 0.25) is 11.8 Å². The smallest absolute Gasteiger partial charge is 0.251 e. The maximum atomic E-state index is 12.9. The first kappa shape index (κ1) is 21.0. The summed E-state index contributed by atoms with van der Waals surface area (Å²) in [6.07, 6.45) is 3.62. The number of pyridine rings is 2. The Balaban J connectivity index is 1.62. The van der Waals surface area contributed by atoms with Crippen molar-refractivity contribution in [1.29, 1.82) is 0 Å². The summed E-state index contributed by atoms with van der Waals surface area (Å²) >= 11 is 6.14. The minimum Gasteiger partial charge on any atom is -0.474 e. The summed E-state index contributed by atoms with van der Waals surface area (Å²) in [5, 5.41) is 5.80. The molecule has 2 aromatic rings. The van der Waals surface area contributed by atoms with Crippen LogP contribution in [0.3, 0.4) is 0 Å². The summed E-state index contributed by atoms with van der Waals surface area (Å²) in [5.74, 6) is 0.129. The first-order chi connectivity index (χ1) is 13.8. The van der Waals surface area contributed by atoms with E-state index in [1.807, 2.05) is 0 Å². The third-order valence-electron chi connectivity index (χ3n) is 4.35. The normalized spacial score (nSPS) is 15.3. The fourth-order valence-electron chi connectivity index (χ4n) is 2.55. The van der Waals surface area contributed by atoms with Crippen molar-refractivity contribution in [3.8, 4) is 5.88 Å². The highest BCUT2D eigenvalue weighted by molar-refractivity contribution is 6.31. The number of anilines is 1. The van der Waals surface area contributed by atoms with Gasteiger partial charge in [0.1, 0.15) is 23.6 Å². The summed E-state index contributed by atoms with van der Waals surface area (Å²) < 4.78 is 18.1. The fraction of sp³-hybridized carbons (Fsp3) is 0.400. The average Bonchev–Trinajstić information content (AvgIpc) is 3.52. The number of nitrogens with one attached hydrogen (secondary N) is 2. The molecular formula is C20H22ClFN4O3. The second-order valence-corrected chi connectivity index (χ2v) is 7.44. The van der Waals surface area contributed by atoms with Crippen molar-refractivity contribution in [1.82, 2.24) is 15.3 Å². The molecule has 0 spiro atoms. The molecule has 1 unspecified atom stereocenters. The lowest BCUT2D eigenvalue weighted by Gasteiger charge is -2.16. The summed E-state index contributed by atoms with van der Waals surface area (Å²) in [6, 6.07) is 4.32. The van der Waals surface area contributed by atoms with Crippen LogP contribution in [0.2, 0.25) is 5.02 Å². The lowest BCUT2D eigenvalue weighted by molar-refractivity contribution is -0.117. The van der Waals surface area contributed by atoms with E-state index < -0.39 is 6.17 Å². The Morgan fingerprint density at radius 1 is 1.31 bits per heavy atom. The molecular weight excluding hydrogens is 399 g/mol. The number of carbonyl (C=O) groups excluding carboxylic acids is 2. The standard InChI is InChI=1S/C20H22ClFN4O3/c1-11(22)10-29-20-16(21)7-15(9-24-20)12(2)25-19(28)14-5-6-23-17(8-14)26-18(27)13-3-4-13/h5-9,11-13H,3-4,10H2,1-2H3,(H,25,28)(H,23,26,27)/t11-,12?/m1/s1. The zero-order chi connectivity index (χ0) is 21.0. The Bertz CT molecular complexity index is 905. The highest BCUT2D eigenvalue weighted by atomic mass is 35.5. The van der Waals surface area contributed by atoms with Gasteiger partial charge in [-0.25, -0.2) is 14.4 Å². The Morgan fingerprint density at radius 2 is 2.07 bits per heavy atom. The van der Waals surface area contributed by atoms with Crippen LogP contribution >= 0.6 is 11.6 Å². The van der Waals surface area contributed by atoms with Crippen molar-refractivity contribution in [2.24, 2.45) is 5.92 Å². The SMILES string of the molecule is CC(NC(=O)c1ccnc(NC(=O)C2CC2)c1)c1cnc(OC[C@@H](C)F)c(Cl)c1. The maximum Gasteiger partial charge on any atom is 0.251 e. The van der Waals surface area contributed by atoms with E-state index in [1.54, 1.807) is 19.1 Å². The van der Waals surface area contributed by atoms with Gasteiger partial charge in [-0.05, 0) is 50.5 Å². The molecule has 2 aromatic heterocycles. The van der Waals surface area contributed by atoms with E-state index in [2.05, 4.69) is 20.6 Å². The van der Waals surface area contributed by atoms with Gasteiger partial charge in [0.05, 0.1) is 6.04 Å². The predicted molar refractivity (Wildman–Crippen MR) is 107 cm³/mol. The van der Waals surface area contributed by atoms with E-state index in [1.165, 1.54) is 25.4 Å². The number of aromatic nitrogens is 2. The average molecular weight is 421 g/mol. The number of ether oxygens (including phenoxy) is 1. The van der Waals surface area contributed by atoms with Crippen LogP contribution in [-0.4, -0.2) is 34.6 Å². The first-order valence-electron chi connectivity index (χ1n) is 9.33. The zero-order valence-electron chi connectivity index (χ0n) is 16.1. The Morgan fingerprint density at radius 3 is 2.72 bits per heavy atom. The van der Waals surface area contributed by atoms with Crippen LogP contribution in [0, 0.1) is 5.92 Å². The fourth-order valence-corrected chi connectivity index (χ4v) is 2.78. The van der Waals surface area contributed by atoms with Gasteiger partial charge in [0.15, 0.2) is 0 Å². The number of halogens is 2. The second kappa shape index (κ2) is 9.17. The number of alkyl halides is 1. The summed E-state index contributed by atoms with van der Waals surface area (Å²) in [5.41, 5.74) is 1.04. The largest absolute Gasteiger partial charge is 0.474 e. The Labute approximate surface area is 173 Å². The van der Waals surface area contributed by atoms with E-state index in [-0.39, 0.29) is 41.3 Å². The van der Waals surface area contributed by atoms with Gasteiger partial charge in [-0.15, -0.1) is 0 Å². The summed E-state index contributed by atoms with van der Waals surface area (Å²) in [7, 11) is 0. The minimum absolute atomic E-state index is 0.0478. The van der Waals surface area contributed by atoms with Gasteiger partial charge in [-0.2, -0.15) is 0 Å². The number of hydrogen-bond donors (Lipinski definition) is 2. The van der Waals surface area contributed by atoms with Crippen molar-refractivity contribution >= 4 is 29.2 Å². The zero-order valence-corrected chi connectivity index (χ0v) is 16.9. The van der Waals surface area contributed by atoms with Crippen LogP contribution < -0.4 is 15.4 Å². The monoisotopic (exact) mass is 420 g/mol. The highest BCUT2D eigenvalue weighted by Crippen LogP contribution is 2.30. The molecule has 9 heteroatoms. The van der Waals surface area contributed by atoms with Crippen LogP contribution in [-0.2, 0) is 4.79 Å². The molecule has 0 aromatic carbocycles. The van der Waals surface area contributed by atoms with E-state index >= 15 is 0 Å². The number of nitrogens with zero attached hydrogens (tertiary/aromatic N) is 2. The van der Waals surface area contributed by atoms with Crippen LogP contribution in [0.4, 0.5) is 10.2 Å². The highest BCUT2D eigenvalue weighted by Gasteiger charge is 2.29. The van der Waals surface area contributed by atoms with Gasteiger partial charge in [-0.1, -0.05) is 11.6 Å². The van der Waals surface area contributed by atoms with E-state index in [0.29, 0.717) is 16.9 Å². The molecule has 29 heavy (non-hydrogen) atoms. The summed E-state index contributed by atoms with van der Waals surface area (Å²) in [4.78, 5) is 32.6. The van der Waals surface area contributed by atoms with Crippen molar-refractivity contribution in [2.45, 2.75) is 38.9 Å². The van der Waals surface area contributed by atoms with Gasteiger partial charge in [-0.3, -0.25) is 9.59 Å². The molecule has 1 aliphatic carbocycles. The second-order valence-electron chi connectivity index (χ2n) is 7.04. The molecule has 2 amide bonds. The van der Waals surface area contributed by atoms with Gasteiger partial charge >= 0.3 is 0 Å². The molecule has 0 saturated heterocycles. The molecule has 0 aliphatic heterocycles. The van der Waals surface area contributed by atoms with Crippen molar-refractivity contribution in [2.75, 3.05) is 11.9 Å². The Kier molecular flexibility index (Phi) is 6.64. The van der Waals surface area contributed by atoms with Gasteiger partial charge in [0, 0.05) is 23.9 Å². The third-order valence-corrected chi connectivity index (χ3v) is 4.62. The maximum absolute atomic E-state index is 12.9. The lowest BCUT2D eigenvalue weighted by atomic mass is 10.1. The van der Waals surface area contributed by atoms with Crippen molar-refractivity contribution in [3.63, 3.8) is 0 Å². The Hall–Kier alpha value is -2.74. The molecule has 2 heterocycles. The van der Waals surface area contributed by atoms with Crippen molar-refractivity contribution < 1.29 is 18.7 Å². The molecule has 154 valence electrons. The molecule has 1 saturated carbocycles. The first-order valence-corrected chi connectivity index (χ1v) is 9.71. The van der Waals surface area contributed by atoms with E-state index in [9.17, 15) is 14.0 Å². The van der Waals surface area contributed by atoms with Crippen LogP contribution in [0.1, 0.15) is 48.7 Å². The van der Waals surface area contributed by atoms with Crippen LogP contribution in [0.15, 0.2) is 30.6 Å². The molecule has 0 bridgehead atoms. The molecule has 1 fully saturated rings. The predicted octanol–water partition coefficient (Wildman–Crippen LogP) is 3.71. The number of carbonyl (C=O) groups is 2.